The summed E-state index contributed by atoms with van der Waals surface area (Å²) in [4.78, 5) is 42.7. The number of carbonyl (C=O) groups is 3. The lowest BCUT2D eigenvalue weighted by atomic mass is 9.92. The molecule has 1 saturated heterocycles. The first-order chi connectivity index (χ1) is 18.5. The Morgan fingerprint density at radius 1 is 0.816 bits per heavy atom. The molecule has 190 valence electrons. The minimum atomic E-state index is -0.321. The summed E-state index contributed by atoms with van der Waals surface area (Å²) in [5.41, 5.74) is 3.38. The molecule has 38 heavy (non-hydrogen) atoms. The summed E-state index contributed by atoms with van der Waals surface area (Å²) in [6.07, 6.45) is 3.40. The fourth-order valence-electron chi connectivity index (χ4n) is 4.72. The highest BCUT2D eigenvalue weighted by molar-refractivity contribution is 6.11. The summed E-state index contributed by atoms with van der Waals surface area (Å²) in [6, 6.07) is 24.2. The van der Waals surface area contributed by atoms with Crippen LogP contribution in [0.15, 0.2) is 97.3 Å². The Morgan fingerprint density at radius 3 is 2.26 bits per heavy atom. The molecule has 5 rings (SSSR count). The van der Waals surface area contributed by atoms with Gasteiger partial charge in [-0.3, -0.25) is 19.4 Å². The number of nitrogens with one attached hydrogen (secondary N) is 2. The highest BCUT2D eigenvalue weighted by Crippen LogP contribution is 2.28. The summed E-state index contributed by atoms with van der Waals surface area (Å²) < 4.78 is 0. The molecule has 7 heteroatoms. The van der Waals surface area contributed by atoms with E-state index in [0.29, 0.717) is 29.8 Å². The number of rotatable bonds is 8. The van der Waals surface area contributed by atoms with E-state index in [0.717, 1.165) is 11.1 Å². The Hall–Kier alpha value is -4.62. The van der Waals surface area contributed by atoms with Crippen molar-refractivity contribution in [2.75, 3.05) is 13.1 Å². The normalized spacial score (nSPS) is 16.6. The molecule has 2 heterocycles. The zero-order valence-electron chi connectivity index (χ0n) is 20.6. The largest absolute Gasteiger partial charge is 0.507 e. The number of nitrogens with zero attached hydrogens (tertiary/aromatic N) is 1. The zero-order valence-corrected chi connectivity index (χ0v) is 20.6. The third-order valence-electron chi connectivity index (χ3n) is 6.86. The summed E-state index contributed by atoms with van der Waals surface area (Å²) in [5.74, 6) is -0.718. The van der Waals surface area contributed by atoms with Gasteiger partial charge in [-0.2, -0.15) is 0 Å². The van der Waals surface area contributed by atoms with Crippen LogP contribution in [0.4, 0.5) is 0 Å². The number of aromatic hydroxyl groups is 1. The van der Waals surface area contributed by atoms with Gasteiger partial charge in [0.2, 0.25) is 0 Å². The van der Waals surface area contributed by atoms with Crippen LogP contribution < -0.4 is 10.6 Å². The Labute approximate surface area is 220 Å². The van der Waals surface area contributed by atoms with Gasteiger partial charge >= 0.3 is 0 Å². The smallest absolute Gasteiger partial charge is 0.251 e. The van der Waals surface area contributed by atoms with Crippen LogP contribution in [-0.4, -0.2) is 46.7 Å². The summed E-state index contributed by atoms with van der Waals surface area (Å²) in [6.45, 7) is 1.22. The van der Waals surface area contributed by atoms with Crippen LogP contribution in [0.2, 0.25) is 0 Å². The molecule has 0 saturated carbocycles. The number of carbonyl (C=O) groups excluding carboxylic acids is 3. The van der Waals surface area contributed by atoms with Gasteiger partial charge in [0.15, 0.2) is 11.6 Å². The highest BCUT2D eigenvalue weighted by atomic mass is 16.3. The van der Waals surface area contributed by atoms with Crippen molar-refractivity contribution in [2.45, 2.75) is 12.5 Å². The van der Waals surface area contributed by atoms with Gasteiger partial charge in [0.25, 0.3) is 5.91 Å². The second kappa shape index (κ2) is 11.2. The van der Waals surface area contributed by atoms with Gasteiger partial charge in [0.05, 0.1) is 5.56 Å². The van der Waals surface area contributed by atoms with E-state index in [1.807, 2.05) is 30.3 Å². The van der Waals surface area contributed by atoms with Gasteiger partial charge in [0.1, 0.15) is 5.75 Å². The molecule has 3 aromatic carbocycles. The molecule has 0 radical (unpaired) electrons. The molecule has 1 aliphatic rings. The van der Waals surface area contributed by atoms with Crippen LogP contribution in [0.1, 0.15) is 43.1 Å². The van der Waals surface area contributed by atoms with Gasteiger partial charge < -0.3 is 15.7 Å². The van der Waals surface area contributed by atoms with Crippen LogP contribution in [0.5, 0.6) is 5.75 Å². The Bertz CT molecular complexity index is 1450. The number of phenols is 1. The molecular weight excluding hydrogens is 478 g/mol. The third-order valence-corrected chi connectivity index (χ3v) is 6.86. The molecule has 1 aliphatic heterocycles. The van der Waals surface area contributed by atoms with Crippen molar-refractivity contribution in [3.05, 3.63) is 120 Å². The first-order valence-corrected chi connectivity index (χ1v) is 12.5. The highest BCUT2D eigenvalue weighted by Gasteiger charge is 2.30. The maximum atomic E-state index is 13.2. The molecule has 0 unspecified atom stereocenters. The number of pyridine rings is 1. The van der Waals surface area contributed by atoms with Crippen molar-refractivity contribution in [3.63, 3.8) is 0 Å². The van der Waals surface area contributed by atoms with Crippen molar-refractivity contribution in [3.8, 4) is 16.9 Å². The van der Waals surface area contributed by atoms with Crippen LogP contribution >= 0.6 is 0 Å². The van der Waals surface area contributed by atoms with Gasteiger partial charge in [-0.15, -0.1) is 0 Å². The van der Waals surface area contributed by atoms with E-state index in [9.17, 15) is 19.5 Å². The van der Waals surface area contributed by atoms with E-state index in [1.54, 1.807) is 60.9 Å². The third kappa shape index (κ3) is 5.53. The van der Waals surface area contributed by atoms with E-state index < -0.39 is 0 Å². The SMILES string of the molecule is O=C(C[C@@H]1CNC[C@H]1NC(=O)c1ccncc1)c1ccc(C(=O)c2cc(-c3ccccc3)ccc2O)cc1. The molecule has 0 aliphatic carbocycles. The molecule has 1 fully saturated rings. The van der Waals surface area contributed by atoms with Crippen LogP contribution in [0.25, 0.3) is 11.1 Å². The Balaban J connectivity index is 1.25. The van der Waals surface area contributed by atoms with E-state index in [-0.39, 0.29) is 47.2 Å². The number of aromatic nitrogens is 1. The van der Waals surface area contributed by atoms with E-state index in [4.69, 9.17) is 0 Å². The van der Waals surface area contributed by atoms with Crippen LogP contribution in [0.3, 0.4) is 0 Å². The maximum absolute atomic E-state index is 13.2. The zero-order chi connectivity index (χ0) is 26.5. The van der Waals surface area contributed by atoms with Crippen molar-refractivity contribution in [2.24, 2.45) is 5.92 Å². The van der Waals surface area contributed by atoms with E-state index in [1.165, 1.54) is 6.07 Å². The average Bonchev–Trinajstić information content (AvgIpc) is 3.40. The molecule has 4 aromatic rings. The molecule has 1 aromatic heterocycles. The minimum Gasteiger partial charge on any atom is -0.507 e. The first kappa shape index (κ1) is 25.0. The monoisotopic (exact) mass is 505 g/mol. The molecule has 1 amide bonds. The quantitative estimate of drug-likeness (QED) is 0.309. The number of Topliss-reactive ketones (excluding diaryl/α,β-unsaturated/α-hetero) is 1. The van der Waals surface area contributed by atoms with E-state index >= 15 is 0 Å². The predicted molar refractivity (Wildman–Crippen MR) is 144 cm³/mol. The van der Waals surface area contributed by atoms with Crippen molar-refractivity contribution < 1.29 is 19.5 Å². The molecule has 0 bridgehead atoms. The lowest BCUT2D eigenvalue weighted by Gasteiger charge is -2.19. The first-order valence-electron chi connectivity index (χ1n) is 12.5. The summed E-state index contributed by atoms with van der Waals surface area (Å²) >= 11 is 0. The number of benzene rings is 3. The maximum Gasteiger partial charge on any atom is 0.251 e. The second-order valence-corrected chi connectivity index (χ2v) is 9.37. The van der Waals surface area contributed by atoms with Gasteiger partial charge in [-0.1, -0.05) is 60.7 Å². The van der Waals surface area contributed by atoms with Gasteiger partial charge in [-0.05, 0) is 35.4 Å². The molecular formula is C31H27N3O4. The Kier molecular flexibility index (Phi) is 7.38. The second-order valence-electron chi connectivity index (χ2n) is 9.37. The molecule has 0 spiro atoms. The molecule has 2 atom stereocenters. The standard InChI is InChI=1S/C31H27N3O4/c35-28-11-10-24(20-4-2-1-3-5-20)16-26(28)30(37)22-8-6-21(7-9-22)29(36)17-25-18-33-19-27(25)34-31(38)23-12-14-32-15-13-23/h1-16,25,27,33,35H,17-19H2,(H,34,38)/t25-,27-/m1/s1. The van der Waals surface area contributed by atoms with Gasteiger partial charge in [0, 0.05) is 60.6 Å². The number of ketones is 2. The van der Waals surface area contributed by atoms with Gasteiger partial charge in [-0.25, -0.2) is 0 Å². The van der Waals surface area contributed by atoms with Crippen LogP contribution in [-0.2, 0) is 0 Å². The fourth-order valence-corrected chi connectivity index (χ4v) is 4.72. The number of hydrogen-bond donors (Lipinski definition) is 3. The fraction of sp³-hybridized carbons (Fsp3) is 0.161. The van der Waals surface area contributed by atoms with Crippen LogP contribution in [0, 0.1) is 5.92 Å². The molecule has 7 nitrogen and oxygen atoms in total. The predicted octanol–water partition coefficient (Wildman–Crippen LogP) is 4.28. The number of phenolic OH excluding ortho intramolecular Hbond substituents is 1. The van der Waals surface area contributed by atoms with Crippen molar-refractivity contribution in [1.82, 2.24) is 15.6 Å². The number of hydrogen-bond acceptors (Lipinski definition) is 6. The lowest BCUT2D eigenvalue weighted by molar-refractivity contribution is 0.0902. The minimum absolute atomic E-state index is 0.0488. The Morgan fingerprint density at radius 2 is 1.53 bits per heavy atom. The van der Waals surface area contributed by atoms with Crippen molar-refractivity contribution >= 4 is 17.5 Å². The summed E-state index contributed by atoms with van der Waals surface area (Å²) in [5, 5.41) is 16.6. The van der Waals surface area contributed by atoms with E-state index in [2.05, 4.69) is 15.6 Å². The van der Waals surface area contributed by atoms with Crippen molar-refractivity contribution in [1.29, 1.82) is 0 Å². The topological polar surface area (TPSA) is 108 Å². The molecule has 3 N–H and O–H groups in total. The summed E-state index contributed by atoms with van der Waals surface area (Å²) in [7, 11) is 0. The average molecular weight is 506 g/mol. The lowest BCUT2D eigenvalue weighted by Crippen LogP contribution is -2.41. The number of amides is 1.